The normalized spacial score (nSPS) is 19.4. The zero-order valence-corrected chi connectivity index (χ0v) is 18.2. The second kappa shape index (κ2) is 9.80. The van der Waals surface area contributed by atoms with Crippen LogP contribution < -0.4 is 0 Å². The number of sulfonamides is 1. The molecule has 0 radical (unpaired) electrons. The Balaban J connectivity index is 1.34. The molecule has 2 aromatic rings. The van der Waals surface area contributed by atoms with E-state index in [1.54, 1.807) is 4.31 Å². The van der Waals surface area contributed by atoms with Crippen LogP contribution in [0.2, 0.25) is 0 Å². The zero-order valence-electron chi connectivity index (χ0n) is 17.4. The summed E-state index contributed by atoms with van der Waals surface area (Å²) in [6.45, 7) is 1.44. The van der Waals surface area contributed by atoms with Gasteiger partial charge < -0.3 is 14.4 Å². The molecule has 2 aliphatic rings. The first kappa shape index (κ1) is 21.8. The topological polar surface area (TPSA) is 76.1 Å². The van der Waals surface area contributed by atoms with Gasteiger partial charge >= 0.3 is 6.09 Å². The second-order valence-corrected chi connectivity index (χ2v) is 9.99. The van der Waals surface area contributed by atoms with Crippen molar-refractivity contribution in [3.8, 4) is 0 Å². The number of hydrogen-bond donors (Lipinski definition) is 0. The lowest BCUT2D eigenvalue weighted by molar-refractivity contribution is -0.0182. The van der Waals surface area contributed by atoms with Gasteiger partial charge in [-0.25, -0.2) is 13.2 Å². The van der Waals surface area contributed by atoms with Crippen LogP contribution in [-0.2, 0) is 32.6 Å². The SMILES string of the molecule is O=C(OCc1ccccc1)N1CCOC(CS(=O)(=O)N(Cc2ccccc2)C2CC2)C1. The number of amides is 1. The van der Waals surface area contributed by atoms with E-state index in [1.165, 1.54) is 4.90 Å². The van der Waals surface area contributed by atoms with Crippen LogP contribution in [-0.4, -0.2) is 61.3 Å². The molecule has 8 heteroatoms. The van der Waals surface area contributed by atoms with Crippen molar-refractivity contribution in [3.05, 3.63) is 71.8 Å². The maximum absolute atomic E-state index is 13.2. The fourth-order valence-electron chi connectivity index (χ4n) is 3.71. The summed E-state index contributed by atoms with van der Waals surface area (Å²) in [7, 11) is -3.53. The van der Waals surface area contributed by atoms with Gasteiger partial charge in [0.2, 0.25) is 10.0 Å². The molecule has 1 saturated carbocycles. The number of nitrogens with zero attached hydrogens (tertiary/aromatic N) is 2. The Kier molecular flexibility index (Phi) is 6.89. The van der Waals surface area contributed by atoms with E-state index in [0.29, 0.717) is 19.7 Å². The molecule has 1 atom stereocenters. The third kappa shape index (κ3) is 6.06. The largest absolute Gasteiger partial charge is 0.445 e. The lowest BCUT2D eigenvalue weighted by Crippen LogP contribution is -2.49. The summed E-state index contributed by atoms with van der Waals surface area (Å²) >= 11 is 0. The van der Waals surface area contributed by atoms with Crippen LogP contribution >= 0.6 is 0 Å². The number of ether oxygens (including phenoxy) is 2. The molecule has 1 amide bonds. The summed E-state index contributed by atoms with van der Waals surface area (Å²) < 4.78 is 39.1. The van der Waals surface area contributed by atoms with Crippen LogP contribution in [0.1, 0.15) is 24.0 Å². The van der Waals surface area contributed by atoms with Crippen molar-refractivity contribution in [1.82, 2.24) is 9.21 Å². The number of rotatable bonds is 8. The summed E-state index contributed by atoms with van der Waals surface area (Å²) in [5.41, 5.74) is 1.87. The summed E-state index contributed by atoms with van der Waals surface area (Å²) in [6.07, 6.45) is 0.753. The average Bonchev–Trinajstić information content (AvgIpc) is 3.62. The third-order valence-electron chi connectivity index (χ3n) is 5.49. The third-order valence-corrected chi connectivity index (χ3v) is 7.43. The highest BCUT2D eigenvalue weighted by atomic mass is 32.2. The lowest BCUT2D eigenvalue weighted by atomic mass is 10.2. The first-order valence-corrected chi connectivity index (χ1v) is 12.2. The quantitative estimate of drug-likeness (QED) is 0.626. The fraction of sp³-hybridized carbons (Fsp3) is 0.435. The molecule has 4 rings (SSSR count). The van der Waals surface area contributed by atoms with E-state index in [2.05, 4.69) is 0 Å². The van der Waals surface area contributed by atoms with Gasteiger partial charge in [0.1, 0.15) is 6.61 Å². The molecule has 2 fully saturated rings. The second-order valence-electron chi connectivity index (χ2n) is 8.02. The smallest absolute Gasteiger partial charge is 0.410 e. The highest BCUT2D eigenvalue weighted by molar-refractivity contribution is 7.89. The molecule has 166 valence electrons. The summed E-state index contributed by atoms with van der Waals surface area (Å²) in [5.74, 6) is -0.140. The minimum atomic E-state index is -3.53. The van der Waals surface area contributed by atoms with Crippen molar-refractivity contribution in [2.45, 2.75) is 38.1 Å². The van der Waals surface area contributed by atoms with E-state index in [9.17, 15) is 13.2 Å². The van der Waals surface area contributed by atoms with E-state index in [-0.39, 0.29) is 24.9 Å². The van der Waals surface area contributed by atoms with Gasteiger partial charge in [0.25, 0.3) is 0 Å². The van der Waals surface area contributed by atoms with Gasteiger partial charge in [0.15, 0.2) is 0 Å². The van der Waals surface area contributed by atoms with E-state index in [1.807, 2.05) is 60.7 Å². The zero-order chi connectivity index (χ0) is 21.7. The van der Waals surface area contributed by atoms with Gasteiger partial charge in [-0.05, 0) is 24.0 Å². The Labute approximate surface area is 183 Å². The Bertz CT molecular complexity index is 964. The van der Waals surface area contributed by atoms with Gasteiger partial charge in [-0.1, -0.05) is 60.7 Å². The monoisotopic (exact) mass is 444 g/mol. The molecular weight excluding hydrogens is 416 g/mol. The van der Waals surface area contributed by atoms with Gasteiger partial charge in [-0.2, -0.15) is 4.31 Å². The number of carbonyl (C=O) groups is 1. The molecule has 0 spiro atoms. The number of morpholine rings is 1. The lowest BCUT2D eigenvalue weighted by Gasteiger charge is -2.33. The molecule has 1 saturated heterocycles. The van der Waals surface area contributed by atoms with Crippen LogP contribution in [0.3, 0.4) is 0 Å². The first-order valence-electron chi connectivity index (χ1n) is 10.6. The van der Waals surface area contributed by atoms with E-state index >= 15 is 0 Å². The first-order chi connectivity index (χ1) is 15.0. The van der Waals surface area contributed by atoms with Crippen molar-refractivity contribution >= 4 is 16.1 Å². The molecule has 31 heavy (non-hydrogen) atoms. The highest BCUT2D eigenvalue weighted by Gasteiger charge is 2.39. The summed E-state index contributed by atoms with van der Waals surface area (Å²) in [5, 5.41) is 0. The maximum Gasteiger partial charge on any atom is 0.410 e. The van der Waals surface area contributed by atoms with Crippen LogP contribution in [0, 0.1) is 0 Å². The Morgan fingerprint density at radius 2 is 1.68 bits per heavy atom. The standard InChI is InChI=1S/C23H28N2O5S/c26-23(30-17-20-9-5-2-6-10-20)24-13-14-29-22(16-24)18-31(27,28)25(21-11-12-21)15-19-7-3-1-4-8-19/h1-10,21-22H,11-18H2. The number of carbonyl (C=O) groups excluding carboxylic acids is 1. The van der Waals surface area contributed by atoms with Gasteiger partial charge in [-0.3, -0.25) is 0 Å². The Morgan fingerprint density at radius 3 is 2.32 bits per heavy atom. The maximum atomic E-state index is 13.2. The van der Waals surface area contributed by atoms with Gasteiger partial charge in [-0.15, -0.1) is 0 Å². The molecule has 7 nitrogen and oxygen atoms in total. The predicted octanol–water partition coefficient (Wildman–Crippen LogP) is 3.02. The molecule has 1 heterocycles. The molecule has 2 aromatic carbocycles. The number of hydrogen-bond acceptors (Lipinski definition) is 5. The van der Waals surface area contributed by atoms with Crippen LogP contribution in [0.25, 0.3) is 0 Å². The van der Waals surface area contributed by atoms with Crippen molar-refractivity contribution in [3.63, 3.8) is 0 Å². The summed E-state index contributed by atoms with van der Waals surface area (Å²) in [6, 6.07) is 19.1. The Morgan fingerprint density at radius 1 is 1.03 bits per heavy atom. The van der Waals surface area contributed by atoms with Crippen molar-refractivity contribution in [2.24, 2.45) is 0 Å². The van der Waals surface area contributed by atoms with Crippen LogP contribution in [0.15, 0.2) is 60.7 Å². The molecule has 1 aliphatic carbocycles. The van der Waals surface area contributed by atoms with Crippen molar-refractivity contribution in [1.29, 1.82) is 0 Å². The van der Waals surface area contributed by atoms with Crippen molar-refractivity contribution < 1.29 is 22.7 Å². The van der Waals surface area contributed by atoms with Crippen LogP contribution in [0.5, 0.6) is 0 Å². The van der Waals surface area contributed by atoms with Gasteiger partial charge in [0.05, 0.1) is 25.0 Å². The average molecular weight is 445 g/mol. The molecule has 0 aromatic heterocycles. The molecular formula is C23H28N2O5S. The van der Waals surface area contributed by atoms with E-state index < -0.39 is 22.2 Å². The minimum absolute atomic E-state index is 0.0562. The van der Waals surface area contributed by atoms with E-state index in [4.69, 9.17) is 9.47 Å². The van der Waals surface area contributed by atoms with E-state index in [0.717, 1.165) is 24.0 Å². The molecule has 0 N–H and O–H groups in total. The molecule has 1 aliphatic heterocycles. The highest BCUT2D eigenvalue weighted by Crippen LogP contribution is 2.31. The van der Waals surface area contributed by atoms with Crippen LogP contribution in [0.4, 0.5) is 4.79 Å². The molecule has 1 unspecified atom stereocenters. The number of benzene rings is 2. The Hall–Kier alpha value is -2.42. The fourth-order valence-corrected chi connectivity index (χ4v) is 5.58. The summed E-state index contributed by atoms with van der Waals surface area (Å²) in [4.78, 5) is 14.0. The van der Waals surface area contributed by atoms with Crippen molar-refractivity contribution in [2.75, 3.05) is 25.4 Å². The predicted molar refractivity (Wildman–Crippen MR) is 117 cm³/mol. The minimum Gasteiger partial charge on any atom is -0.445 e. The van der Waals surface area contributed by atoms with Gasteiger partial charge in [0, 0.05) is 19.1 Å². The molecule has 0 bridgehead atoms.